The van der Waals surface area contributed by atoms with Crippen molar-refractivity contribution in [3.8, 4) is 0 Å². The quantitative estimate of drug-likeness (QED) is 0.797. The molecule has 0 aliphatic carbocycles. The molecule has 0 radical (unpaired) electrons. The Kier molecular flexibility index (Phi) is 4.50. The molecule has 8 heteroatoms. The molecule has 21 heavy (non-hydrogen) atoms. The molecule has 0 spiro atoms. The second-order valence-corrected chi connectivity index (χ2v) is 6.56. The van der Waals surface area contributed by atoms with Crippen LogP contribution in [0.5, 0.6) is 0 Å². The first kappa shape index (κ1) is 15.7. The standard InChI is InChI=1S/C13H17NO6S/c1-9-2-4-12(5-3-9)21(18,19)20-11-6-10(8-15)14(7-11)13(16)17/h2-5,10-11,15H,6-8H2,1H3,(H,16,17)/t10-,11?/m1/s1. The highest BCUT2D eigenvalue weighted by Gasteiger charge is 2.38. The molecule has 116 valence electrons. The van der Waals surface area contributed by atoms with E-state index in [9.17, 15) is 13.2 Å². The second kappa shape index (κ2) is 6.00. The van der Waals surface area contributed by atoms with E-state index < -0.39 is 28.4 Å². The highest BCUT2D eigenvalue weighted by atomic mass is 32.2. The van der Waals surface area contributed by atoms with E-state index >= 15 is 0 Å². The fourth-order valence-corrected chi connectivity index (χ4v) is 3.37. The minimum atomic E-state index is -3.94. The fraction of sp³-hybridized carbons (Fsp3) is 0.462. The van der Waals surface area contributed by atoms with Gasteiger partial charge in [0.05, 0.1) is 30.2 Å². The van der Waals surface area contributed by atoms with Crippen molar-refractivity contribution in [1.29, 1.82) is 0 Å². The third-order valence-corrected chi connectivity index (χ3v) is 4.78. The molecule has 2 rings (SSSR count). The normalized spacial score (nSPS) is 22.5. The number of hydrogen-bond donors (Lipinski definition) is 2. The summed E-state index contributed by atoms with van der Waals surface area (Å²) in [5.74, 6) is 0. The lowest BCUT2D eigenvalue weighted by Crippen LogP contribution is -2.36. The van der Waals surface area contributed by atoms with E-state index in [1.54, 1.807) is 12.1 Å². The Labute approximate surface area is 122 Å². The fourth-order valence-electron chi connectivity index (χ4n) is 2.29. The molecule has 1 aromatic rings. The molecule has 1 saturated heterocycles. The third kappa shape index (κ3) is 3.52. The van der Waals surface area contributed by atoms with E-state index in [1.807, 2.05) is 6.92 Å². The van der Waals surface area contributed by atoms with Crippen molar-refractivity contribution in [2.45, 2.75) is 30.4 Å². The van der Waals surface area contributed by atoms with Crippen LogP contribution in [0.25, 0.3) is 0 Å². The Morgan fingerprint density at radius 1 is 1.38 bits per heavy atom. The molecule has 1 fully saturated rings. The van der Waals surface area contributed by atoms with Crippen molar-refractivity contribution < 1.29 is 27.6 Å². The zero-order valence-corrected chi connectivity index (χ0v) is 12.3. The van der Waals surface area contributed by atoms with Crippen LogP contribution in [-0.4, -0.2) is 54.9 Å². The van der Waals surface area contributed by atoms with Crippen LogP contribution in [0, 0.1) is 6.92 Å². The highest BCUT2D eigenvalue weighted by molar-refractivity contribution is 7.86. The molecule has 1 unspecified atom stereocenters. The Bertz CT molecular complexity index is 612. The molecule has 1 heterocycles. The Morgan fingerprint density at radius 3 is 2.48 bits per heavy atom. The molecule has 1 aliphatic heterocycles. The predicted molar refractivity (Wildman–Crippen MR) is 73.5 cm³/mol. The van der Waals surface area contributed by atoms with E-state index in [0.29, 0.717) is 0 Å². The zero-order valence-electron chi connectivity index (χ0n) is 11.5. The number of likely N-dealkylation sites (tertiary alicyclic amines) is 1. The van der Waals surface area contributed by atoms with Crippen LogP contribution in [0.1, 0.15) is 12.0 Å². The van der Waals surface area contributed by atoms with Gasteiger partial charge in [0.2, 0.25) is 0 Å². The number of aryl methyl sites for hydroxylation is 1. The molecule has 7 nitrogen and oxygen atoms in total. The molecule has 0 bridgehead atoms. The first-order valence-corrected chi connectivity index (χ1v) is 7.84. The van der Waals surface area contributed by atoms with E-state index in [4.69, 9.17) is 14.4 Å². The summed E-state index contributed by atoms with van der Waals surface area (Å²) >= 11 is 0. The lowest BCUT2D eigenvalue weighted by atomic mass is 10.2. The molecule has 1 amide bonds. The van der Waals surface area contributed by atoms with Crippen molar-refractivity contribution in [2.75, 3.05) is 13.2 Å². The maximum atomic E-state index is 12.1. The van der Waals surface area contributed by atoms with Gasteiger partial charge in [-0.1, -0.05) is 17.7 Å². The number of carbonyl (C=O) groups is 1. The third-order valence-electron chi connectivity index (χ3n) is 3.40. The molecule has 1 aliphatic rings. The summed E-state index contributed by atoms with van der Waals surface area (Å²) in [5.41, 5.74) is 0.923. The molecular formula is C13H17NO6S. The average Bonchev–Trinajstić information content (AvgIpc) is 2.81. The maximum Gasteiger partial charge on any atom is 0.407 e. The van der Waals surface area contributed by atoms with Crippen LogP contribution < -0.4 is 0 Å². The largest absolute Gasteiger partial charge is 0.465 e. The van der Waals surface area contributed by atoms with Crippen molar-refractivity contribution in [3.63, 3.8) is 0 Å². The summed E-state index contributed by atoms with van der Waals surface area (Å²) in [6, 6.07) is 5.56. The van der Waals surface area contributed by atoms with Crippen molar-refractivity contribution >= 4 is 16.2 Å². The minimum absolute atomic E-state index is 0.0300. The van der Waals surface area contributed by atoms with Gasteiger partial charge in [0, 0.05) is 0 Å². The average molecular weight is 315 g/mol. The van der Waals surface area contributed by atoms with Gasteiger partial charge in [-0.3, -0.25) is 4.18 Å². The highest BCUT2D eigenvalue weighted by Crippen LogP contribution is 2.24. The Hall–Kier alpha value is -1.64. The molecule has 0 saturated carbocycles. The summed E-state index contributed by atoms with van der Waals surface area (Å²) in [6.45, 7) is 1.40. The Morgan fingerprint density at radius 2 is 2.00 bits per heavy atom. The number of rotatable bonds is 4. The SMILES string of the molecule is Cc1ccc(S(=O)(=O)OC2C[C@H](CO)N(C(=O)O)C2)cc1. The zero-order chi connectivity index (χ0) is 15.6. The number of nitrogens with zero attached hydrogens (tertiary/aromatic N) is 1. The number of carboxylic acid groups (broad SMARTS) is 1. The molecule has 2 N–H and O–H groups in total. The Balaban J connectivity index is 2.11. The summed E-state index contributed by atoms with van der Waals surface area (Å²) in [6.07, 6.45) is -1.84. The van der Waals surface area contributed by atoms with E-state index in [2.05, 4.69) is 0 Å². The van der Waals surface area contributed by atoms with Gasteiger partial charge in [-0.15, -0.1) is 0 Å². The number of benzene rings is 1. The van der Waals surface area contributed by atoms with E-state index in [-0.39, 0.29) is 24.5 Å². The van der Waals surface area contributed by atoms with Gasteiger partial charge in [-0.25, -0.2) is 4.79 Å². The van der Waals surface area contributed by atoms with Crippen LogP contribution >= 0.6 is 0 Å². The second-order valence-electron chi connectivity index (χ2n) is 4.99. The minimum Gasteiger partial charge on any atom is -0.465 e. The summed E-state index contributed by atoms with van der Waals surface area (Å²) in [5, 5.41) is 18.1. The molecule has 1 aromatic carbocycles. The van der Waals surface area contributed by atoms with Gasteiger partial charge in [0.15, 0.2) is 0 Å². The van der Waals surface area contributed by atoms with Crippen LogP contribution in [0.4, 0.5) is 4.79 Å². The number of hydrogen-bond acceptors (Lipinski definition) is 5. The first-order chi connectivity index (χ1) is 9.83. The van der Waals surface area contributed by atoms with Crippen LogP contribution in [-0.2, 0) is 14.3 Å². The maximum absolute atomic E-state index is 12.1. The summed E-state index contributed by atoms with van der Waals surface area (Å²) in [4.78, 5) is 12.0. The van der Waals surface area contributed by atoms with Gasteiger partial charge in [-0.2, -0.15) is 8.42 Å². The van der Waals surface area contributed by atoms with Crippen molar-refractivity contribution in [1.82, 2.24) is 4.90 Å². The summed E-state index contributed by atoms with van der Waals surface area (Å²) in [7, 11) is -3.94. The van der Waals surface area contributed by atoms with Crippen LogP contribution in [0.3, 0.4) is 0 Å². The van der Waals surface area contributed by atoms with Gasteiger partial charge < -0.3 is 15.1 Å². The number of amides is 1. The van der Waals surface area contributed by atoms with E-state index in [0.717, 1.165) is 10.5 Å². The summed E-state index contributed by atoms with van der Waals surface area (Å²) < 4.78 is 29.3. The van der Waals surface area contributed by atoms with Crippen molar-refractivity contribution in [3.05, 3.63) is 29.8 Å². The monoisotopic (exact) mass is 315 g/mol. The van der Waals surface area contributed by atoms with Gasteiger partial charge >= 0.3 is 6.09 Å². The number of aliphatic hydroxyl groups is 1. The number of aliphatic hydroxyl groups excluding tert-OH is 1. The first-order valence-electron chi connectivity index (χ1n) is 6.44. The predicted octanol–water partition coefficient (Wildman–Crippen LogP) is 0.814. The molecule has 2 atom stereocenters. The smallest absolute Gasteiger partial charge is 0.407 e. The van der Waals surface area contributed by atoms with Crippen LogP contribution in [0.2, 0.25) is 0 Å². The topological polar surface area (TPSA) is 104 Å². The lowest BCUT2D eigenvalue weighted by Gasteiger charge is -2.18. The van der Waals surface area contributed by atoms with Crippen LogP contribution in [0.15, 0.2) is 29.2 Å². The van der Waals surface area contributed by atoms with Gasteiger partial charge in [0.25, 0.3) is 10.1 Å². The molecular weight excluding hydrogens is 298 g/mol. The lowest BCUT2D eigenvalue weighted by molar-refractivity contribution is 0.116. The van der Waals surface area contributed by atoms with Gasteiger partial charge in [0.1, 0.15) is 0 Å². The molecule has 0 aromatic heterocycles. The van der Waals surface area contributed by atoms with Gasteiger partial charge in [-0.05, 0) is 25.5 Å². The van der Waals surface area contributed by atoms with Crippen molar-refractivity contribution in [2.24, 2.45) is 0 Å². The van der Waals surface area contributed by atoms with E-state index in [1.165, 1.54) is 12.1 Å².